The number of ether oxygens (including phenoxy) is 1. The predicted molar refractivity (Wildman–Crippen MR) is 87.4 cm³/mol. The second-order valence-electron chi connectivity index (χ2n) is 5.98. The molecule has 0 fully saturated rings. The maximum atomic E-state index is 11.9. The Labute approximate surface area is 129 Å². The summed E-state index contributed by atoms with van der Waals surface area (Å²) < 4.78 is 4.91. The van der Waals surface area contributed by atoms with Gasteiger partial charge in [0.05, 0.1) is 7.11 Å². The van der Waals surface area contributed by atoms with Gasteiger partial charge < -0.3 is 10.1 Å². The van der Waals surface area contributed by atoms with Gasteiger partial charge in [0.25, 0.3) is 0 Å². The Morgan fingerprint density at radius 3 is 2.62 bits per heavy atom. The highest BCUT2D eigenvalue weighted by atomic mass is 16.5. The third-order valence-electron chi connectivity index (χ3n) is 4.08. The zero-order valence-electron chi connectivity index (χ0n) is 14.0. The Bertz CT molecular complexity index is 445. The average molecular weight is 291 g/mol. The van der Waals surface area contributed by atoms with E-state index < -0.39 is 0 Å². The summed E-state index contributed by atoms with van der Waals surface area (Å²) in [6, 6.07) is 8.66. The first kappa shape index (κ1) is 17.7. The van der Waals surface area contributed by atoms with Gasteiger partial charge in [-0.1, -0.05) is 50.1 Å². The quantitative estimate of drug-likeness (QED) is 0.745. The fourth-order valence-electron chi connectivity index (χ4n) is 2.47. The highest BCUT2D eigenvalue weighted by molar-refractivity contribution is 5.76. The summed E-state index contributed by atoms with van der Waals surface area (Å²) in [6.45, 7) is 8.43. The molecule has 0 spiro atoms. The van der Waals surface area contributed by atoms with E-state index in [2.05, 4.69) is 57.3 Å². The molecule has 118 valence electrons. The third kappa shape index (κ3) is 5.88. The molecule has 1 rings (SSSR count). The monoisotopic (exact) mass is 291 g/mol. The van der Waals surface area contributed by atoms with Gasteiger partial charge in [0.15, 0.2) is 0 Å². The van der Waals surface area contributed by atoms with Crippen LogP contribution in [0.5, 0.6) is 0 Å². The number of rotatable bonds is 8. The molecule has 0 aliphatic heterocycles. The number of hydrogen-bond donors (Lipinski definition) is 1. The van der Waals surface area contributed by atoms with E-state index in [1.54, 1.807) is 0 Å². The predicted octanol–water partition coefficient (Wildman–Crippen LogP) is 3.49. The van der Waals surface area contributed by atoms with Crippen LogP contribution in [0.15, 0.2) is 24.3 Å². The summed E-state index contributed by atoms with van der Waals surface area (Å²) in [6.07, 6.45) is 2.98. The summed E-state index contributed by atoms with van der Waals surface area (Å²) in [5.41, 5.74) is 2.64. The molecule has 0 aliphatic rings. The van der Waals surface area contributed by atoms with Gasteiger partial charge in [-0.2, -0.15) is 0 Å². The number of aryl methyl sites for hydroxylation is 2. The lowest BCUT2D eigenvalue weighted by atomic mass is 9.97. The number of methoxy groups -OCH3 is 1. The van der Waals surface area contributed by atoms with Crippen LogP contribution in [0.1, 0.15) is 44.7 Å². The number of carbonyl (C=O) groups is 1. The highest BCUT2D eigenvalue weighted by Crippen LogP contribution is 2.13. The third-order valence-corrected chi connectivity index (χ3v) is 4.08. The molecule has 3 nitrogen and oxygen atoms in total. The van der Waals surface area contributed by atoms with Crippen molar-refractivity contribution >= 4 is 5.97 Å². The van der Waals surface area contributed by atoms with E-state index in [1.165, 1.54) is 18.2 Å². The van der Waals surface area contributed by atoms with Gasteiger partial charge in [-0.05, 0) is 38.2 Å². The molecule has 0 aliphatic carbocycles. The van der Waals surface area contributed by atoms with Crippen molar-refractivity contribution in [1.29, 1.82) is 0 Å². The van der Waals surface area contributed by atoms with E-state index >= 15 is 0 Å². The van der Waals surface area contributed by atoms with Gasteiger partial charge in [-0.25, -0.2) is 0 Å². The van der Waals surface area contributed by atoms with Crippen LogP contribution >= 0.6 is 0 Å². The van der Waals surface area contributed by atoms with E-state index in [9.17, 15) is 4.79 Å². The van der Waals surface area contributed by atoms with Crippen molar-refractivity contribution in [3.8, 4) is 0 Å². The number of esters is 1. The second-order valence-corrected chi connectivity index (χ2v) is 5.98. The van der Waals surface area contributed by atoms with Crippen LogP contribution in [0.3, 0.4) is 0 Å². The zero-order valence-corrected chi connectivity index (χ0v) is 14.0. The lowest BCUT2D eigenvalue weighted by Gasteiger charge is -2.25. The molecule has 0 bridgehead atoms. The molecular weight excluding hydrogens is 262 g/mol. The standard InChI is InChI=1S/C18H29NO2/c1-6-14(3)17(18(20)21-5)19-15(4)10-11-16-9-7-8-13(2)12-16/h7-9,12,14-15,17,19H,6,10-11H2,1-5H3. The molecule has 3 unspecified atom stereocenters. The SMILES string of the molecule is CCC(C)C(NC(C)CCc1cccc(C)c1)C(=O)OC. The Hall–Kier alpha value is -1.35. The minimum atomic E-state index is -0.215. The molecule has 0 heterocycles. The summed E-state index contributed by atoms with van der Waals surface area (Å²) >= 11 is 0. The molecule has 1 aromatic rings. The van der Waals surface area contributed by atoms with Crippen molar-refractivity contribution in [1.82, 2.24) is 5.32 Å². The van der Waals surface area contributed by atoms with Crippen LogP contribution in [0, 0.1) is 12.8 Å². The molecular formula is C18H29NO2. The van der Waals surface area contributed by atoms with Crippen molar-refractivity contribution < 1.29 is 9.53 Å². The fraction of sp³-hybridized carbons (Fsp3) is 0.611. The second kappa shape index (κ2) is 8.83. The van der Waals surface area contributed by atoms with Crippen LogP contribution in [0.4, 0.5) is 0 Å². The minimum Gasteiger partial charge on any atom is -0.468 e. The number of hydrogen-bond acceptors (Lipinski definition) is 3. The molecule has 3 heteroatoms. The molecule has 1 aromatic carbocycles. The van der Waals surface area contributed by atoms with E-state index in [0.717, 1.165) is 19.3 Å². The summed E-state index contributed by atoms with van der Waals surface area (Å²) in [7, 11) is 1.46. The molecule has 0 radical (unpaired) electrons. The average Bonchev–Trinajstić information content (AvgIpc) is 2.49. The Morgan fingerprint density at radius 1 is 1.33 bits per heavy atom. The van der Waals surface area contributed by atoms with Crippen LogP contribution in [-0.2, 0) is 16.0 Å². The van der Waals surface area contributed by atoms with Crippen molar-refractivity contribution in [2.24, 2.45) is 5.92 Å². The van der Waals surface area contributed by atoms with E-state index in [1.807, 2.05) is 0 Å². The molecule has 0 saturated carbocycles. The largest absolute Gasteiger partial charge is 0.468 e. The van der Waals surface area contributed by atoms with E-state index in [4.69, 9.17) is 4.74 Å². The van der Waals surface area contributed by atoms with Crippen LogP contribution in [0.2, 0.25) is 0 Å². The Balaban J connectivity index is 2.53. The molecule has 3 atom stereocenters. The number of nitrogens with one attached hydrogen (secondary N) is 1. The Morgan fingerprint density at radius 2 is 2.05 bits per heavy atom. The van der Waals surface area contributed by atoms with Crippen molar-refractivity contribution in [2.45, 2.75) is 59.0 Å². The van der Waals surface area contributed by atoms with Gasteiger partial charge in [0.2, 0.25) is 0 Å². The molecule has 0 amide bonds. The first-order valence-corrected chi connectivity index (χ1v) is 7.87. The lowest BCUT2D eigenvalue weighted by molar-refractivity contribution is -0.144. The van der Waals surface area contributed by atoms with Gasteiger partial charge in [0, 0.05) is 6.04 Å². The maximum absolute atomic E-state index is 11.9. The normalized spacial score (nSPS) is 15.3. The van der Waals surface area contributed by atoms with Crippen molar-refractivity contribution in [3.05, 3.63) is 35.4 Å². The minimum absolute atomic E-state index is 0.160. The van der Waals surface area contributed by atoms with Crippen molar-refractivity contribution in [3.63, 3.8) is 0 Å². The number of carbonyl (C=O) groups excluding carboxylic acids is 1. The van der Waals surface area contributed by atoms with E-state index in [-0.39, 0.29) is 24.0 Å². The number of benzene rings is 1. The van der Waals surface area contributed by atoms with Crippen LogP contribution in [-0.4, -0.2) is 25.2 Å². The summed E-state index contributed by atoms with van der Waals surface area (Å²) in [5.74, 6) is 0.116. The summed E-state index contributed by atoms with van der Waals surface area (Å²) in [4.78, 5) is 11.9. The molecule has 21 heavy (non-hydrogen) atoms. The highest BCUT2D eigenvalue weighted by Gasteiger charge is 2.25. The van der Waals surface area contributed by atoms with Crippen molar-refractivity contribution in [2.75, 3.05) is 7.11 Å². The maximum Gasteiger partial charge on any atom is 0.323 e. The first-order valence-electron chi connectivity index (χ1n) is 7.87. The molecule has 0 aromatic heterocycles. The fourth-order valence-corrected chi connectivity index (χ4v) is 2.47. The van der Waals surface area contributed by atoms with Gasteiger partial charge in [0.1, 0.15) is 6.04 Å². The van der Waals surface area contributed by atoms with E-state index in [0.29, 0.717) is 0 Å². The smallest absolute Gasteiger partial charge is 0.323 e. The Kier molecular flexibility index (Phi) is 7.44. The van der Waals surface area contributed by atoms with Gasteiger partial charge in [-0.15, -0.1) is 0 Å². The lowest BCUT2D eigenvalue weighted by Crippen LogP contribution is -2.46. The van der Waals surface area contributed by atoms with Crippen LogP contribution in [0.25, 0.3) is 0 Å². The first-order chi connectivity index (χ1) is 9.97. The van der Waals surface area contributed by atoms with Gasteiger partial charge in [-0.3, -0.25) is 4.79 Å². The van der Waals surface area contributed by atoms with Gasteiger partial charge >= 0.3 is 5.97 Å². The molecule has 0 saturated heterocycles. The molecule has 1 N–H and O–H groups in total. The summed E-state index contributed by atoms with van der Waals surface area (Å²) in [5, 5.41) is 3.43. The zero-order chi connectivity index (χ0) is 15.8. The van der Waals surface area contributed by atoms with Crippen LogP contribution < -0.4 is 5.32 Å². The topological polar surface area (TPSA) is 38.3 Å².